The maximum atomic E-state index is 6.38. The van der Waals surface area contributed by atoms with Gasteiger partial charge >= 0.3 is 0 Å². The SMILES string of the molecule is CCc1nn(C)c(CC(C)CCNCC(C)C)c1Cl. The Morgan fingerprint density at radius 3 is 2.53 bits per heavy atom. The van der Waals surface area contributed by atoms with E-state index in [1.165, 1.54) is 12.1 Å². The molecule has 1 atom stereocenters. The molecule has 0 spiro atoms. The molecule has 1 aromatic heterocycles. The molecule has 1 heterocycles. The molecule has 0 saturated heterocycles. The van der Waals surface area contributed by atoms with Crippen LogP contribution in [0, 0.1) is 11.8 Å². The molecule has 0 aliphatic rings. The molecule has 0 bridgehead atoms. The summed E-state index contributed by atoms with van der Waals surface area (Å²) in [6.45, 7) is 11.0. The first-order valence-electron chi connectivity index (χ1n) is 7.36. The molecule has 0 aliphatic heterocycles. The fourth-order valence-corrected chi connectivity index (χ4v) is 2.58. The molecule has 3 nitrogen and oxygen atoms in total. The minimum absolute atomic E-state index is 0.622. The minimum atomic E-state index is 0.622. The average molecular weight is 286 g/mol. The number of hydrogen-bond acceptors (Lipinski definition) is 2. The number of nitrogens with one attached hydrogen (secondary N) is 1. The van der Waals surface area contributed by atoms with E-state index < -0.39 is 0 Å². The molecule has 1 unspecified atom stereocenters. The van der Waals surface area contributed by atoms with Crippen molar-refractivity contribution in [3.8, 4) is 0 Å². The fourth-order valence-electron chi connectivity index (χ4n) is 2.21. The van der Waals surface area contributed by atoms with Gasteiger partial charge in [-0.05, 0) is 44.2 Å². The van der Waals surface area contributed by atoms with Gasteiger partial charge in [-0.2, -0.15) is 5.10 Å². The zero-order valence-corrected chi connectivity index (χ0v) is 13.7. The quantitative estimate of drug-likeness (QED) is 0.742. The van der Waals surface area contributed by atoms with Crippen molar-refractivity contribution in [2.75, 3.05) is 13.1 Å². The lowest BCUT2D eigenvalue weighted by Crippen LogP contribution is -2.22. The van der Waals surface area contributed by atoms with E-state index >= 15 is 0 Å². The van der Waals surface area contributed by atoms with Gasteiger partial charge in [0.25, 0.3) is 0 Å². The fraction of sp³-hybridized carbons (Fsp3) is 0.800. The van der Waals surface area contributed by atoms with Crippen molar-refractivity contribution in [1.29, 1.82) is 0 Å². The van der Waals surface area contributed by atoms with Gasteiger partial charge in [0.1, 0.15) is 0 Å². The van der Waals surface area contributed by atoms with E-state index in [0.29, 0.717) is 11.8 Å². The van der Waals surface area contributed by atoms with E-state index in [0.717, 1.165) is 36.6 Å². The Hall–Kier alpha value is -0.540. The van der Waals surface area contributed by atoms with Crippen LogP contribution in [0.4, 0.5) is 0 Å². The van der Waals surface area contributed by atoms with Gasteiger partial charge in [0, 0.05) is 7.05 Å². The van der Waals surface area contributed by atoms with Crippen LogP contribution in [0.2, 0.25) is 5.02 Å². The first kappa shape index (κ1) is 16.5. The number of hydrogen-bond donors (Lipinski definition) is 1. The number of aromatic nitrogens is 2. The Balaban J connectivity index is 2.44. The van der Waals surface area contributed by atoms with E-state index in [1.807, 2.05) is 11.7 Å². The lowest BCUT2D eigenvalue weighted by molar-refractivity contribution is 0.465. The van der Waals surface area contributed by atoms with Crippen LogP contribution in [-0.4, -0.2) is 22.9 Å². The van der Waals surface area contributed by atoms with Crippen LogP contribution in [-0.2, 0) is 19.9 Å². The minimum Gasteiger partial charge on any atom is -0.316 e. The summed E-state index contributed by atoms with van der Waals surface area (Å²) < 4.78 is 1.94. The summed E-state index contributed by atoms with van der Waals surface area (Å²) in [5.41, 5.74) is 2.19. The molecule has 0 radical (unpaired) electrons. The van der Waals surface area contributed by atoms with E-state index in [1.54, 1.807) is 0 Å². The highest BCUT2D eigenvalue weighted by Crippen LogP contribution is 2.24. The van der Waals surface area contributed by atoms with Crippen LogP contribution >= 0.6 is 11.6 Å². The number of nitrogens with zero attached hydrogens (tertiary/aromatic N) is 2. The van der Waals surface area contributed by atoms with Crippen LogP contribution in [0.25, 0.3) is 0 Å². The molecule has 0 amide bonds. The summed E-state index contributed by atoms with van der Waals surface area (Å²) in [7, 11) is 1.99. The molecule has 19 heavy (non-hydrogen) atoms. The van der Waals surface area contributed by atoms with E-state index in [-0.39, 0.29) is 0 Å². The molecule has 110 valence electrons. The number of aryl methyl sites for hydroxylation is 2. The van der Waals surface area contributed by atoms with Crippen LogP contribution < -0.4 is 5.32 Å². The van der Waals surface area contributed by atoms with Crippen molar-refractivity contribution in [2.45, 2.75) is 47.0 Å². The standard InChI is InChI=1S/C15H28ClN3/c1-6-13-15(16)14(19(5)18-13)9-12(4)7-8-17-10-11(2)3/h11-12,17H,6-10H2,1-5H3. The summed E-state index contributed by atoms with van der Waals surface area (Å²) in [6, 6.07) is 0. The first-order valence-corrected chi connectivity index (χ1v) is 7.74. The maximum Gasteiger partial charge on any atom is 0.0849 e. The van der Waals surface area contributed by atoms with Crippen LogP contribution in [0.15, 0.2) is 0 Å². The monoisotopic (exact) mass is 285 g/mol. The smallest absolute Gasteiger partial charge is 0.0849 e. The Bertz CT molecular complexity index is 385. The average Bonchev–Trinajstić information content (AvgIpc) is 2.62. The lowest BCUT2D eigenvalue weighted by Gasteiger charge is -2.13. The lowest BCUT2D eigenvalue weighted by atomic mass is 10.0. The normalized spacial score (nSPS) is 13.2. The summed E-state index contributed by atoms with van der Waals surface area (Å²) in [6.07, 6.45) is 3.08. The van der Waals surface area contributed by atoms with E-state index in [4.69, 9.17) is 11.6 Å². The summed E-state index contributed by atoms with van der Waals surface area (Å²) in [5.74, 6) is 1.34. The van der Waals surface area contributed by atoms with Crippen LogP contribution in [0.1, 0.15) is 45.5 Å². The summed E-state index contributed by atoms with van der Waals surface area (Å²) >= 11 is 6.38. The summed E-state index contributed by atoms with van der Waals surface area (Å²) in [5, 5.41) is 8.83. The van der Waals surface area contributed by atoms with Crippen molar-refractivity contribution in [2.24, 2.45) is 18.9 Å². The maximum absolute atomic E-state index is 6.38. The molecule has 0 aromatic carbocycles. The Morgan fingerprint density at radius 1 is 1.32 bits per heavy atom. The number of halogens is 1. The first-order chi connectivity index (χ1) is 8.95. The van der Waals surface area contributed by atoms with Crippen LogP contribution in [0.3, 0.4) is 0 Å². The third-order valence-corrected chi connectivity index (χ3v) is 3.85. The van der Waals surface area contributed by atoms with Crippen molar-refractivity contribution < 1.29 is 0 Å². The van der Waals surface area contributed by atoms with Gasteiger partial charge in [-0.1, -0.05) is 39.3 Å². The molecular weight excluding hydrogens is 258 g/mol. The zero-order valence-electron chi connectivity index (χ0n) is 13.0. The van der Waals surface area contributed by atoms with Gasteiger partial charge in [-0.25, -0.2) is 0 Å². The molecule has 0 fully saturated rings. The molecule has 4 heteroatoms. The highest BCUT2D eigenvalue weighted by molar-refractivity contribution is 6.31. The molecule has 0 aliphatic carbocycles. The second kappa shape index (κ2) is 7.91. The van der Waals surface area contributed by atoms with Gasteiger partial charge in [0.15, 0.2) is 0 Å². The van der Waals surface area contributed by atoms with Crippen molar-refractivity contribution in [1.82, 2.24) is 15.1 Å². The second-order valence-electron chi connectivity index (χ2n) is 5.88. The zero-order chi connectivity index (χ0) is 14.4. The van der Waals surface area contributed by atoms with Gasteiger partial charge in [0.2, 0.25) is 0 Å². The predicted octanol–water partition coefficient (Wildman–Crippen LogP) is 3.45. The molecule has 1 aromatic rings. The Kier molecular flexibility index (Phi) is 6.87. The van der Waals surface area contributed by atoms with E-state index in [2.05, 4.69) is 38.1 Å². The summed E-state index contributed by atoms with van der Waals surface area (Å²) in [4.78, 5) is 0. The highest BCUT2D eigenvalue weighted by Gasteiger charge is 2.15. The predicted molar refractivity (Wildman–Crippen MR) is 82.8 cm³/mol. The molecule has 1 rings (SSSR count). The van der Waals surface area contributed by atoms with Gasteiger partial charge in [-0.15, -0.1) is 0 Å². The van der Waals surface area contributed by atoms with Crippen LogP contribution in [0.5, 0.6) is 0 Å². The van der Waals surface area contributed by atoms with Gasteiger partial charge in [-0.3, -0.25) is 4.68 Å². The van der Waals surface area contributed by atoms with Crippen molar-refractivity contribution in [3.63, 3.8) is 0 Å². The van der Waals surface area contributed by atoms with E-state index in [9.17, 15) is 0 Å². The van der Waals surface area contributed by atoms with Gasteiger partial charge < -0.3 is 5.32 Å². The highest BCUT2D eigenvalue weighted by atomic mass is 35.5. The molecule has 1 N–H and O–H groups in total. The topological polar surface area (TPSA) is 29.9 Å². The van der Waals surface area contributed by atoms with Crippen molar-refractivity contribution in [3.05, 3.63) is 16.4 Å². The number of rotatable bonds is 8. The Labute approximate surface area is 122 Å². The van der Waals surface area contributed by atoms with Gasteiger partial charge in [0.05, 0.1) is 16.4 Å². The largest absolute Gasteiger partial charge is 0.316 e. The third kappa shape index (κ3) is 5.15. The van der Waals surface area contributed by atoms with Crippen molar-refractivity contribution >= 4 is 11.6 Å². The molecule has 0 saturated carbocycles. The Morgan fingerprint density at radius 2 is 2.00 bits per heavy atom. The second-order valence-corrected chi connectivity index (χ2v) is 6.26. The third-order valence-electron chi connectivity index (χ3n) is 3.41. The molecular formula is C15H28ClN3.